The molecule has 2 nitrogen and oxygen atoms in total. The summed E-state index contributed by atoms with van der Waals surface area (Å²) >= 11 is 0. The van der Waals surface area contributed by atoms with E-state index in [0.29, 0.717) is 18.0 Å². The molecule has 0 bridgehead atoms. The monoisotopic (exact) mass is 217 g/mol. The average molecular weight is 217 g/mol. The molecule has 2 rings (SSSR count). The van der Waals surface area contributed by atoms with Crippen molar-refractivity contribution in [1.82, 2.24) is 0 Å². The maximum absolute atomic E-state index is 12.9. The first kappa shape index (κ1) is 10.5. The zero-order valence-electron chi connectivity index (χ0n) is 8.69. The van der Waals surface area contributed by atoms with Crippen LogP contribution in [0.5, 0.6) is 5.75 Å². The molecule has 0 heterocycles. The molecule has 3 heteroatoms. The van der Waals surface area contributed by atoms with Gasteiger partial charge in [0.05, 0.1) is 5.69 Å². The third kappa shape index (κ3) is 2.51. The fraction of sp³-hybridized carbons (Fsp3) is 0.0769. The summed E-state index contributed by atoms with van der Waals surface area (Å²) in [5, 5.41) is 0. The molecule has 2 aromatic rings. The fourth-order valence-corrected chi connectivity index (χ4v) is 1.40. The van der Waals surface area contributed by atoms with Crippen molar-refractivity contribution in [3.05, 3.63) is 59.9 Å². The summed E-state index contributed by atoms with van der Waals surface area (Å²) in [6, 6.07) is 13.5. The van der Waals surface area contributed by atoms with Gasteiger partial charge in [0.15, 0.2) is 0 Å². The normalized spacial score (nSPS) is 10.1. The predicted octanol–water partition coefficient (Wildman–Crippen LogP) is 2.99. The Bertz CT molecular complexity index is 485. The van der Waals surface area contributed by atoms with Gasteiger partial charge < -0.3 is 10.5 Å². The summed E-state index contributed by atoms with van der Waals surface area (Å²) in [6.07, 6.45) is 0. The van der Waals surface area contributed by atoms with E-state index in [4.69, 9.17) is 10.5 Å². The van der Waals surface area contributed by atoms with Gasteiger partial charge in [-0.3, -0.25) is 0 Å². The van der Waals surface area contributed by atoms with Crippen molar-refractivity contribution in [2.45, 2.75) is 6.61 Å². The van der Waals surface area contributed by atoms with E-state index in [2.05, 4.69) is 0 Å². The van der Waals surface area contributed by atoms with Gasteiger partial charge in [0.1, 0.15) is 18.2 Å². The molecule has 82 valence electrons. The number of ether oxygens (including phenoxy) is 1. The topological polar surface area (TPSA) is 35.2 Å². The third-order valence-electron chi connectivity index (χ3n) is 2.20. The summed E-state index contributed by atoms with van der Waals surface area (Å²) in [6.45, 7) is 0.311. The van der Waals surface area contributed by atoms with E-state index in [1.165, 1.54) is 12.1 Å². The van der Waals surface area contributed by atoms with E-state index in [1.54, 1.807) is 18.2 Å². The van der Waals surface area contributed by atoms with Crippen LogP contribution >= 0.6 is 0 Å². The van der Waals surface area contributed by atoms with Crippen LogP contribution in [0.3, 0.4) is 0 Å². The Balaban J connectivity index is 2.05. The Kier molecular flexibility index (Phi) is 3.05. The largest absolute Gasteiger partial charge is 0.487 e. The molecule has 0 amide bonds. The first-order valence-corrected chi connectivity index (χ1v) is 4.97. The second-order valence-electron chi connectivity index (χ2n) is 3.46. The molecule has 2 aromatic carbocycles. The van der Waals surface area contributed by atoms with Crippen molar-refractivity contribution in [3.8, 4) is 5.75 Å². The quantitative estimate of drug-likeness (QED) is 0.802. The lowest BCUT2D eigenvalue weighted by Crippen LogP contribution is -1.98. The van der Waals surface area contributed by atoms with Gasteiger partial charge in [-0.2, -0.15) is 0 Å². The van der Waals surface area contributed by atoms with Gasteiger partial charge in [-0.1, -0.05) is 24.3 Å². The fourth-order valence-electron chi connectivity index (χ4n) is 1.40. The molecule has 0 aromatic heterocycles. The van der Waals surface area contributed by atoms with Crippen LogP contribution in [0.1, 0.15) is 5.56 Å². The van der Waals surface area contributed by atoms with E-state index in [0.717, 1.165) is 5.56 Å². The summed E-state index contributed by atoms with van der Waals surface area (Å²) in [7, 11) is 0. The lowest BCUT2D eigenvalue weighted by atomic mass is 10.2. The van der Waals surface area contributed by atoms with Crippen molar-refractivity contribution >= 4 is 5.69 Å². The molecule has 0 radical (unpaired) electrons. The minimum Gasteiger partial charge on any atom is -0.487 e. The number of hydrogen-bond donors (Lipinski definition) is 1. The molecule has 0 spiro atoms. The summed E-state index contributed by atoms with van der Waals surface area (Å²) in [5.41, 5.74) is 7.08. The second-order valence-corrected chi connectivity index (χ2v) is 3.46. The molecule has 0 atom stereocenters. The van der Waals surface area contributed by atoms with Crippen molar-refractivity contribution in [1.29, 1.82) is 0 Å². The Hall–Kier alpha value is -2.03. The van der Waals surface area contributed by atoms with Gasteiger partial charge in [0.2, 0.25) is 0 Å². The minimum absolute atomic E-state index is 0.262. The Morgan fingerprint density at radius 2 is 1.88 bits per heavy atom. The van der Waals surface area contributed by atoms with Crippen LogP contribution in [0.15, 0.2) is 48.5 Å². The lowest BCUT2D eigenvalue weighted by molar-refractivity contribution is 0.307. The summed E-state index contributed by atoms with van der Waals surface area (Å²) in [4.78, 5) is 0. The molecule has 0 saturated heterocycles. The van der Waals surface area contributed by atoms with Crippen molar-refractivity contribution < 1.29 is 9.13 Å². The molecule has 0 unspecified atom stereocenters. The average Bonchev–Trinajstić information content (AvgIpc) is 2.28. The molecule has 0 aliphatic rings. The number of rotatable bonds is 3. The molecular weight excluding hydrogens is 205 g/mol. The number of halogens is 1. The van der Waals surface area contributed by atoms with E-state index < -0.39 is 0 Å². The predicted molar refractivity (Wildman–Crippen MR) is 61.6 cm³/mol. The van der Waals surface area contributed by atoms with Crippen molar-refractivity contribution in [2.75, 3.05) is 5.73 Å². The van der Waals surface area contributed by atoms with Crippen LogP contribution in [0, 0.1) is 5.82 Å². The molecule has 0 saturated carbocycles. The van der Waals surface area contributed by atoms with Crippen molar-refractivity contribution in [2.24, 2.45) is 0 Å². The molecule has 2 N–H and O–H groups in total. The number of benzene rings is 2. The molecule has 0 fully saturated rings. The number of hydrogen-bond acceptors (Lipinski definition) is 2. The smallest absolute Gasteiger partial charge is 0.142 e. The molecular formula is C13H12FNO. The molecule has 0 aliphatic carbocycles. The number of nitrogens with two attached hydrogens (primary N) is 1. The Morgan fingerprint density at radius 3 is 2.62 bits per heavy atom. The maximum atomic E-state index is 12.9. The van der Waals surface area contributed by atoms with Gasteiger partial charge in [0, 0.05) is 0 Å². The summed E-state index contributed by atoms with van der Waals surface area (Å²) in [5.74, 6) is 0.355. The first-order valence-electron chi connectivity index (χ1n) is 4.97. The number of para-hydroxylation sites is 2. The van der Waals surface area contributed by atoms with E-state index >= 15 is 0 Å². The Labute approximate surface area is 93.5 Å². The van der Waals surface area contributed by atoms with Gasteiger partial charge in [-0.25, -0.2) is 4.39 Å². The SMILES string of the molecule is Nc1ccccc1OCc1cccc(F)c1. The highest BCUT2D eigenvalue weighted by Crippen LogP contribution is 2.21. The van der Waals surface area contributed by atoms with Gasteiger partial charge >= 0.3 is 0 Å². The second kappa shape index (κ2) is 4.66. The van der Waals surface area contributed by atoms with E-state index in [1.807, 2.05) is 18.2 Å². The standard InChI is InChI=1S/C13H12FNO/c14-11-5-3-4-10(8-11)9-16-13-7-2-1-6-12(13)15/h1-8H,9,15H2. The van der Waals surface area contributed by atoms with E-state index in [-0.39, 0.29) is 5.82 Å². The summed E-state index contributed by atoms with van der Waals surface area (Å²) < 4.78 is 18.4. The highest BCUT2D eigenvalue weighted by molar-refractivity contribution is 5.51. The highest BCUT2D eigenvalue weighted by atomic mass is 19.1. The number of nitrogen functional groups attached to an aromatic ring is 1. The van der Waals surface area contributed by atoms with Gasteiger partial charge in [0.25, 0.3) is 0 Å². The Morgan fingerprint density at radius 1 is 1.06 bits per heavy atom. The maximum Gasteiger partial charge on any atom is 0.142 e. The van der Waals surface area contributed by atoms with Crippen LogP contribution in [0.2, 0.25) is 0 Å². The van der Waals surface area contributed by atoms with Gasteiger partial charge in [-0.15, -0.1) is 0 Å². The number of anilines is 1. The van der Waals surface area contributed by atoms with Crippen LogP contribution in [-0.2, 0) is 6.61 Å². The van der Waals surface area contributed by atoms with Crippen LogP contribution < -0.4 is 10.5 Å². The van der Waals surface area contributed by atoms with Crippen LogP contribution in [0.25, 0.3) is 0 Å². The van der Waals surface area contributed by atoms with E-state index in [9.17, 15) is 4.39 Å². The third-order valence-corrected chi connectivity index (χ3v) is 2.20. The first-order chi connectivity index (χ1) is 7.75. The van der Waals surface area contributed by atoms with Crippen LogP contribution in [-0.4, -0.2) is 0 Å². The van der Waals surface area contributed by atoms with Crippen LogP contribution in [0.4, 0.5) is 10.1 Å². The zero-order chi connectivity index (χ0) is 11.4. The lowest BCUT2D eigenvalue weighted by Gasteiger charge is -2.08. The molecule has 0 aliphatic heterocycles. The molecule has 16 heavy (non-hydrogen) atoms. The minimum atomic E-state index is -0.262. The highest BCUT2D eigenvalue weighted by Gasteiger charge is 2.00. The van der Waals surface area contributed by atoms with Crippen molar-refractivity contribution in [3.63, 3.8) is 0 Å². The van der Waals surface area contributed by atoms with Gasteiger partial charge in [-0.05, 0) is 29.8 Å². The zero-order valence-corrected chi connectivity index (χ0v) is 8.69.